The van der Waals surface area contributed by atoms with Crippen molar-refractivity contribution in [2.75, 3.05) is 5.32 Å². The van der Waals surface area contributed by atoms with Crippen molar-refractivity contribution in [1.82, 2.24) is 19.2 Å². The number of benzene rings is 1. The second-order valence-electron chi connectivity index (χ2n) is 6.42. The molecule has 4 rings (SSSR count). The van der Waals surface area contributed by atoms with E-state index in [9.17, 15) is 4.79 Å². The molecule has 0 amide bonds. The summed E-state index contributed by atoms with van der Waals surface area (Å²) in [5, 5.41) is 7.96. The molecule has 0 radical (unpaired) electrons. The van der Waals surface area contributed by atoms with Crippen molar-refractivity contribution in [3.8, 4) is 0 Å². The fraction of sp³-hybridized carbons (Fsp3) is 0.353. The van der Waals surface area contributed by atoms with Crippen LogP contribution in [0, 0.1) is 6.92 Å². The number of aryl methyl sites for hydroxylation is 1. The van der Waals surface area contributed by atoms with Crippen LogP contribution in [-0.4, -0.2) is 19.2 Å². The number of rotatable bonds is 2. The molecule has 6 nitrogen and oxygen atoms in total. The molecular weight excluding hydrogens is 290 g/mol. The van der Waals surface area contributed by atoms with E-state index in [0.717, 1.165) is 11.4 Å². The van der Waals surface area contributed by atoms with Gasteiger partial charge in [0.2, 0.25) is 5.95 Å². The van der Waals surface area contributed by atoms with Gasteiger partial charge in [-0.05, 0) is 12.5 Å². The second-order valence-corrected chi connectivity index (χ2v) is 6.42. The maximum absolute atomic E-state index is 12.7. The van der Waals surface area contributed by atoms with Crippen LogP contribution >= 0.6 is 0 Å². The molecule has 1 atom stereocenters. The summed E-state index contributed by atoms with van der Waals surface area (Å²) in [5.41, 5.74) is 2.87. The van der Waals surface area contributed by atoms with Crippen LogP contribution in [0.15, 0.2) is 35.3 Å². The van der Waals surface area contributed by atoms with Crippen LogP contribution in [-0.2, 0) is 6.54 Å². The molecule has 6 heteroatoms. The van der Waals surface area contributed by atoms with Gasteiger partial charge in [-0.2, -0.15) is 0 Å². The Morgan fingerprint density at radius 1 is 1.26 bits per heavy atom. The zero-order valence-electron chi connectivity index (χ0n) is 13.4. The lowest BCUT2D eigenvalue weighted by molar-refractivity contribution is 0.651. The van der Waals surface area contributed by atoms with E-state index >= 15 is 0 Å². The van der Waals surface area contributed by atoms with Gasteiger partial charge in [-0.15, -0.1) is 5.10 Å². The van der Waals surface area contributed by atoms with Gasteiger partial charge in [-0.3, -0.25) is 9.36 Å². The third kappa shape index (κ3) is 2.13. The lowest BCUT2D eigenvalue weighted by Crippen LogP contribution is -2.22. The Labute approximate surface area is 133 Å². The van der Waals surface area contributed by atoms with Crippen molar-refractivity contribution in [3.63, 3.8) is 0 Å². The average molecular weight is 309 g/mol. The van der Waals surface area contributed by atoms with E-state index in [1.54, 1.807) is 15.3 Å². The standard InChI is InChI=1S/C17H19N5O/c1-10(2)15-18-8-14-16(23)21-9-13(19-17(21)20-22(14)15)12-6-4-11(3)5-7-12/h4-8,10,13H,9H2,1-3H3,(H,19,20)/t13-/m0/s1. The van der Waals surface area contributed by atoms with E-state index in [4.69, 9.17) is 0 Å². The van der Waals surface area contributed by atoms with Crippen LogP contribution in [0.4, 0.5) is 5.95 Å². The quantitative estimate of drug-likeness (QED) is 0.790. The fourth-order valence-electron chi connectivity index (χ4n) is 3.04. The van der Waals surface area contributed by atoms with E-state index in [-0.39, 0.29) is 17.5 Å². The van der Waals surface area contributed by atoms with Crippen molar-refractivity contribution in [1.29, 1.82) is 0 Å². The second kappa shape index (κ2) is 4.94. The molecule has 3 aromatic rings. The van der Waals surface area contributed by atoms with Crippen molar-refractivity contribution >= 4 is 11.5 Å². The summed E-state index contributed by atoms with van der Waals surface area (Å²) in [6.07, 6.45) is 1.62. The summed E-state index contributed by atoms with van der Waals surface area (Å²) < 4.78 is 3.37. The minimum Gasteiger partial charge on any atom is -0.346 e. The molecule has 0 aliphatic carbocycles. The molecule has 1 aromatic carbocycles. The van der Waals surface area contributed by atoms with Crippen LogP contribution in [0.25, 0.3) is 5.52 Å². The zero-order valence-corrected chi connectivity index (χ0v) is 13.4. The van der Waals surface area contributed by atoms with Gasteiger partial charge in [0.25, 0.3) is 5.56 Å². The number of nitrogens with one attached hydrogen (secondary N) is 1. The van der Waals surface area contributed by atoms with Gasteiger partial charge in [0, 0.05) is 5.92 Å². The molecule has 118 valence electrons. The summed E-state index contributed by atoms with van der Waals surface area (Å²) in [6, 6.07) is 8.43. The number of hydrogen-bond donors (Lipinski definition) is 1. The highest BCUT2D eigenvalue weighted by Gasteiger charge is 2.26. The SMILES string of the molecule is Cc1ccc([C@@H]2Cn3c(nn4c(C(C)C)ncc4c3=O)N2)cc1. The molecule has 2 aromatic heterocycles. The maximum atomic E-state index is 12.7. The van der Waals surface area contributed by atoms with Gasteiger partial charge in [0.1, 0.15) is 5.82 Å². The number of hydrogen-bond acceptors (Lipinski definition) is 4. The van der Waals surface area contributed by atoms with Crippen LogP contribution in [0.1, 0.15) is 42.8 Å². The first-order valence-corrected chi connectivity index (χ1v) is 7.86. The minimum absolute atomic E-state index is 0.0449. The van der Waals surface area contributed by atoms with Gasteiger partial charge in [-0.25, -0.2) is 9.50 Å². The molecule has 1 aliphatic rings. The third-order valence-electron chi connectivity index (χ3n) is 4.34. The molecule has 23 heavy (non-hydrogen) atoms. The third-order valence-corrected chi connectivity index (χ3v) is 4.34. The largest absolute Gasteiger partial charge is 0.346 e. The Morgan fingerprint density at radius 3 is 2.70 bits per heavy atom. The Hall–Kier alpha value is -2.63. The van der Waals surface area contributed by atoms with Gasteiger partial charge in [0.05, 0.1) is 18.8 Å². The normalized spacial score (nSPS) is 16.8. The summed E-state index contributed by atoms with van der Waals surface area (Å²) in [4.78, 5) is 17.1. The van der Waals surface area contributed by atoms with Crippen LogP contribution < -0.4 is 10.9 Å². The fourth-order valence-corrected chi connectivity index (χ4v) is 3.04. The summed E-state index contributed by atoms with van der Waals surface area (Å²) in [5.74, 6) is 1.62. The monoisotopic (exact) mass is 309 g/mol. The lowest BCUT2D eigenvalue weighted by atomic mass is 10.1. The van der Waals surface area contributed by atoms with E-state index in [1.807, 2.05) is 13.8 Å². The Kier molecular flexibility index (Phi) is 3.01. The maximum Gasteiger partial charge on any atom is 0.281 e. The van der Waals surface area contributed by atoms with Crippen molar-refractivity contribution in [3.05, 3.63) is 57.8 Å². The van der Waals surface area contributed by atoms with E-state index in [1.165, 1.54) is 5.56 Å². The molecule has 1 aliphatic heterocycles. The predicted octanol–water partition coefficient (Wildman–Crippen LogP) is 2.49. The summed E-state index contributed by atoms with van der Waals surface area (Å²) in [6.45, 7) is 6.74. The highest BCUT2D eigenvalue weighted by atomic mass is 16.1. The Balaban J connectivity index is 1.79. The van der Waals surface area contributed by atoms with Gasteiger partial charge in [-0.1, -0.05) is 43.7 Å². The van der Waals surface area contributed by atoms with Crippen LogP contribution in [0.5, 0.6) is 0 Å². The topological polar surface area (TPSA) is 64.2 Å². The lowest BCUT2D eigenvalue weighted by Gasteiger charge is -2.10. The average Bonchev–Trinajstić information content (AvgIpc) is 3.12. The molecule has 0 spiro atoms. The van der Waals surface area contributed by atoms with Crippen LogP contribution in [0.2, 0.25) is 0 Å². The van der Waals surface area contributed by atoms with Crippen molar-refractivity contribution < 1.29 is 0 Å². The van der Waals surface area contributed by atoms with E-state index < -0.39 is 0 Å². The minimum atomic E-state index is -0.0449. The number of nitrogens with zero attached hydrogens (tertiary/aromatic N) is 4. The smallest absolute Gasteiger partial charge is 0.281 e. The number of aromatic nitrogens is 4. The molecule has 1 N–H and O–H groups in total. The number of fused-ring (bicyclic) bond motifs is 2. The van der Waals surface area contributed by atoms with Crippen molar-refractivity contribution in [2.24, 2.45) is 0 Å². The first kappa shape index (κ1) is 14.0. The van der Waals surface area contributed by atoms with Gasteiger partial charge >= 0.3 is 0 Å². The summed E-state index contributed by atoms with van der Waals surface area (Å²) >= 11 is 0. The molecule has 0 saturated heterocycles. The predicted molar refractivity (Wildman–Crippen MR) is 88.9 cm³/mol. The molecule has 0 unspecified atom stereocenters. The number of imidazole rings is 1. The first-order chi connectivity index (χ1) is 11.0. The summed E-state index contributed by atoms with van der Waals surface area (Å²) in [7, 11) is 0. The van der Waals surface area contributed by atoms with E-state index in [2.05, 4.69) is 46.6 Å². The van der Waals surface area contributed by atoms with Gasteiger partial charge in [0.15, 0.2) is 5.52 Å². The zero-order chi connectivity index (χ0) is 16.1. The highest BCUT2D eigenvalue weighted by molar-refractivity contribution is 5.48. The van der Waals surface area contributed by atoms with Crippen LogP contribution in [0.3, 0.4) is 0 Å². The molecule has 0 fully saturated rings. The molecule has 0 bridgehead atoms. The molecule has 0 saturated carbocycles. The van der Waals surface area contributed by atoms with Crippen molar-refractivity contribution in [2.45, 2.75) is 39.3 Å². The molecular formula is C17H19N5O. The Bertz CT molecular complexity index is 936. The Morgan fingerprint density at radius 2 is 2.00 bits per heavy atom. The van der Waals surface area contributed by atoms with E-state index in [0.29, 0.717) is 18.0 Å². The first-order valence-electron chi connectivity index (χ1n) is 7.86. The molecule has 3 heterocycles. The highest BCUT2D eigenvalue weighted by Crippen LogP contribution is 2.27. The number of anilines is 1. The van der Waals surface area contributed by atoms with Gasteiger partial charge < -0.3 is 5.32 Å².